The third kappa shape index (κ3) is 5.04. The van der Waals surface area contributed by atoms with Gasteiger partial charge in [0.2, 0.25) is 0 Å². The zero-order valence-electron chi connectivity index (χ0n) is 12.2. The maximum atomic E-state index is 12.1. The summed E-state index contributed by atoms with van der Waals surface area (Å²) in [5.41, 5.74) is 2.20. The van der Waals surface area contributed by atoms with Gasteiger partial charge in [0.05, 0.1) is 6.10 Å². The number of carbonyl (C=O) groups excluding carboxylic acids is 1. The first kappa shape index (κ1) is 16.2. The monoisotopic (exact) mass is 275 g/mol. The average Bonchev–Trinajstić information content (AvgIpc) is 2.44. The van der Waals surface area contributed by atoms with Gasteiger partial charge >= 0.3 is 0 Å². The number of rotatable bonds is 5. The third-order valence-electron chi connectivity index (χ3n) is 2.80. The van der Waals surface area contributed by atoms with Gasteiger partial charge in [-0.15, -0.1) is 0 Å². The van der Waals surface area contributed by atoms with Crippen molar-refractivity contribution in [2.24, 2.45) is 0 Å². The van der Waals surface area contributed by atoms with Crippen LogP contribution in [-0.2, 0) is 4.74 Å². The van der Waals surface area contributed by atoms with Crippen LogP contribution < -0.4 is 5.32 Å². The van der Waals surface area contributed by atoms with Crippen LogP contribution in [0.15, 0.2) is 18.2 Å². The zero-order valence-corrected chi connectivity index (χ0v) is 12.2. The summed E-state index contributed by atoms with van der Waals surface area (Å²) in [5, 5.41) is 11.5. The van der Waals surface area contributed by atoms with Gasteiger partial charge in [-0.1, -0.05) is 17.9 Å². The number of amides is 1. The van der Waals surface area contributed by atoms with Crippen LogP contribution in [0.4, 0.5) is 0 Å². The molecular weight excluding hydrogens is 254 g/mol. The van der Waals surface area contributed by atoms with Crippen LogP contribution >= 0.6 is 0 Å². The quantitative estimate of drug-likeness (QED) is 0.801. The van der Waals surface area contributed by atoms with Crippen LogP contribution in [0.3, 0.4) is 0 Å². The third-order valence-corrected chi connectivity index (χ3v) is 2.80. The maximum absolute atomic E-state index is 12.1. The van der Waals surface area contributed by atoms with Crippen molar-refractivity contribution in [2.75, 3.05) is 19.8 Å². The molecule has 0 saturated carbocycles. The minimum absolute atomic E-state index is 0.0124. The number of carbonyl (C=O) groups is 1. The number of hydrogen-bond acceptors (Lipinski definition) is 3. The van der Waals surface area contributed by atoms with Crippen molar-refractivity contribution in [3.05, 3.63) is 34.9 Å². The van der Waals surface area contributed by atoms with E-state index in [4.69, 9.17) is 9.84 Å². The van der Waals surface area contributed by atoms with Crippen molar-refractivity contribution in [3.8, 4) is 11.8 Å². The van der Waals surface area contributed by atoms with Gasteiger partial charge in [-0.25, -0.2) is 0 Å². The van der Waals surface area contributed by atoms with E-state index in [1.165, 1.54) is 0 Å². The van der Waals surface area contributed by atoms with Crippen molar-refractivity contribution >= 4 is 5.91 Å². The smallest absolute Gasteiger partial charge is 0.251 e. The van der Waals surface area contributed by atoms with Crippen LogP contribution in [0, 0.1) is 18.8 Å². The van der Waals surface area contributed by atoms with Crippen molar-refractivity contribution in [3.63, 3.8) is 0 Å². The van der Waals surface area contributed by atoms with E-state index in [2.05, 4.69) is 17.2 Å². The molecule has 0 radical (unpaired) electrons. The van der Waals surface area contributed by atoms with E-state index in [-0.39, 0.29) is 18.6 Å². The minimum Gasteiger partial charge on any atom is -0.384 e. The lowest BCUT2D eigenvalue weighted by molar-refractivity contribution is 0.0695. The number of aliphatic hydroxyl groups is 1. The second kappa shape index (κ2) is 8.36. The van der Waals surface area contributed by atoms with Crippen LogP contribution in [0.25, 0.3) is 0 Å². The Labute approximate surface area is 120 Å². The molecule has 1 atom stereocenters. The largest absolute Gasteiger partial charge is 0.384 e. The Morgan fingerprint density at radius 3 is 2.90 bits per heavy atom. The molecular formula is C16H21NO3. The van der Waals surface area contributed by atoms with E-state index in [9.17, 15) is 4.79 Å². The second-order valence-electron chi connectivity index (χ2n) is 4.47. The molecule has 4 heteroatoms. The van der Waals surface area contributed by atoms with Crippen molar-refractivity contribution in [1.29, 1.82) is 0 Å². The lowest BCUT2D eigenvalue weighted by Gasteiger charge is -2.13. The number of benzene rings is 1. The molecule has 0 saturated heterocycles. The maximum Gasteiger partial charge on any atom is 0.251 e. The standard InChI is InChI=1S/C16H21NO3/c1-4-20-13(3)11-17-16(19)15-10-14(6-5-9-18)8-7-12(15)2/h7-8,10,13,18H,4,9,11H2,1-3H3,(H,17,19). The van der Waals surface area contributed by atoms with E-state index >= 15 is 0 Å². The molecule has 1 aromatic rings. The van der Waals surface area contributed by atoms with E-state index in [1.807, 2.05) is 32.9 Å². The van der Waals surface area contributed by atoms with Crippen LogP contribution in [0.2, 0.25) is 0 Å². The van der Waals surface area contributed by atoms with Gasteiger partial charge in [0.25, 0.3) is 5.91 Å². The van der Waals surface area contributed by atoms with Crippen molar-refractivity contribution < 1.29 is 14.6 Å². The molecule has 1 rings (SSSR count). The molecule has 4 nitrogen and oxygen atoms in total. The van der Waals surface area contributed by atoms with Gasteiger partial charge in [-0.05, 0) is 38.5 Å². The van der Waals surface area contributed by atoms with Crippen molar-refractivity contribution in [1.82, 2.24) is 5.32 Å². The van der Waals surface area contributed by atoms with E-state index in [0.717, 1.165) is 5.56 Å². The highest BCUT2D eigenvalue weighted by molar-refractivity contribution is 5.96. The molecule has 0 spiro atoms. The van der Waals surface area contributed by atoms with Crippen LogP contribution in [-0.4, -0.2) is 36.9 Å². The molecule has 20 heavy (non-hydrogen) atoms. The fourth-order valence-corrected chi connectivity index (χ4v) is 1.76. The number of nitrogens with one attached hydrogen (secondary N) is 1. The van der Waals surface area contributed by atoms with E-state index < -0.39 is 0 Å². The van der Waals surface area contributed by atoms with Crippen LogP contribution in [0.1, 0.15) is 35.3 Å². The Kier molecular flexibility index (Phi) is 6.78. The van der Waals surface area contributed by atoms with Gasteiger partial charge in [-0.2, -0.15) is 0 Å². The summed E-state index contributed by atoms with van der Waals surface area (Å²) in [6, 6.07) is 5.42. The highest BCUT2D eigenvalue weighted by Gasteiger charge is 2.10. The first-order valence-corrected chi connectivity index (χ1v) is 6.68. The fourth-order valence-electron chi connectivity index (χ4n) is 1.76. The number of ether oxygens (including phenoxy) is 1. The predicted octanol–water partition coefficient (Wildman–Crippen LogP) is 1.49. The number of hydrogen-bond donors (Lipinski definition) is 2. The molecule has 0 aromatic heterocycles. The van der Waals surface area contributed by atoms with Gasteiger partial charge < -0.3 is 15.2 Å². The highest BCUT2D eigenvalue weighted by atomic mass is 16.5. The SMILES string of the molecule is CCOC(C)CNC(=O)c1cc(C#CCO)ccc1C. The average molecular weight is 275 g/mol. The summed E-state index contributed by atoms with van der Waals surface area (Å²) >= 11 is 0. The molecule has 0 aliphatic rings. The summed E-state index contributed by atoms with van der Waals surface area (Å²) in [5.74, 6) is 5.23. The van der Waals surface area contributed by atoms with Crippen LogP contribution in [0.5, 0.6) is 0 Å². The summed E-state index contributed by atoms with van der Waals surface area (Å²) in [6.07, 6.45) is -0.0124. The Morgan fingerprint density at radius 1 is 1.50 bits per heavy atom. The summed E-state index contributed by atoms with van der Waals surface area (Å²) in [7, 11) is 0. The number of aliphatic hydroxyl groups excluding tert-OH is 1. The Hall–Kier alpha value is -1.83. The second-order valence-corrected chi connectivity index (χ2v) is 4.47. The summed E-state index contributed by atoms with van der Waals surface area (Å²) < 4.78 is 5.37. The van der Waals surface area contributed by atoms with E-state index in [0.29, 0.717) is 24.3 Å². The van der Waals surface area contributed by atoms with Gasteiger partial charge in [0.1, 0.15) is 6.61 Å². The topological polar surface area (TPSA) is 58.6 Å². The Morgan fingerprint density at radius 2 is 2.25 bits per heavy atom. The van der Waals surface area contributed by atoms with Gasteiger partial charge in [0.15, 0.2) is 0 Å². The first-order valence-electron chi connectivity index (χ1n) is 6.68. The van der Waals surface area contributed by atoms with Gasteiger partial charge in [-0.3, -0.25) is 4.79 Å². The molecule has 0 bridgehead atoms. The molecule has 1 amide bonds. The normalized spacial score (nSPS) is 11.4. The predicted molar refractivity (Wildman–Crippen MR) is 78.6 cm³/mol. The first-order chi connectivity index (χ1) is 9.58. The molecule has 0 heterocycles. The molecule has 0 fully saturated rings. The zero-order chi connectivity index (χ0) is 15.0. The summed E-state index contributed by atoms with van der Waals surface area (Å²) in [4.78, 5) is 12.1. The van der Waals surface area contributed by atoms with Crippen molar-refractivity contribution in [2.45, 2.75) is 26.9 Å². The Bertz CT molecular complexity index is 514. The number of aryl methyl sites for hydroxylation is 1. The summed E-state index contributed by atoms with van der Waals surface area (Å²) in [6.45, 7) is 6.62. The lowest BCUT2D eigenvalue weighted by Crippen LogP contribution is -2.32. The molecule has 0 aliphatic heterocycles. The van der Waals surface area contributed by atoms with Gasteiger partial charge in [0, 0.05) is 24.3 Å². The molecule has 108 valence electrons. The minimum atomic E-state index is -0.193. The fraction of sp³-hybridized carbons (Fsp3) is 0.438. The Balaban J connectivity index is 2.76. The molecule has 0 aliphatic carbocycles. The molecule has 1 aromatic carbocycles. The lowest BCUT2D eigenvalue weighted by atomic mass is 10.0. The molecule has 1 unspecified atom stereocenters. The highest BCUT2D eigenvalue weighted by Crippen LogP contribution is 2.10. The van der Waals surface area contributed by atoms with E-state index in [1.54, 1.807) is 6.07 Å². The molecule has 2 N–H and O–H groups in total.